The van der Waals surface area contributed by atoms with Gasteiger partial charge in [0, 0.05) is 6.61 Å². The van der Waals surface area contributed by atoms with Gasteiger partial charge in [0.15, 0.2) is 0 Å². The highest BCUT2D eigenvalue weighted by molar-refractivity contribution is 5.65. The summed E-state index contributed by atoms with van der Waals surface area (Å²) in [6.07, 6.45) is 4.53. The van der Waals surface area contributed by atoms with E-state index in [1.165, 1.54) is 0 Å². The van der Waals surface area contributed by atoms with Crippen molar-refractivity contribution in [2.75, 3.05) is 6.61 Å². The monoisotopic (exact) mass is 229 g/mol. The zero-order valence-electron chi connectivity index (χ0n) is 10.2. The second-order valence-electron chi connectivity index (χ2n) is 5.45. The topological polar surface area (TPSA) is 72.6 Å². The lowest BCUT2D eigenvalue weighted by Gasteiger charge is -2.33. The number of carbonyl (C=O) groups excluding carboxylic acids is 1. The Morgan fingerprint density at radius 3 is 2.25 bits per heavy atom. The summed E-state index contributed by atoms with van der Waals surface area (Å²) >= 11 is 0. The molecule has 1 aliphatic carbocycles. The van der Waals surface area contributed by atoms with E-state index in [0.29, 0.717) is 18.4 Å². The molecule has 1 amide bonds. The first kappa shape index (κ1) is 13.3. The van der Waals surface area contributed by atoms with Gasteiger partial charge in [0.1, 0.15) is 5.60 Å². The molecule has 0 atom stereocenters. The van der Waals surface area contributed by atoms with E-state index in [1.807, 2.05) is 13.8 Å². The van der Waals surface area contributed by atoms with Gasteiger partial charge in [-0.15, -0.1) is 0 Å². The van der Waals surface area contributed by atoms with E-state index < -0.39 is 11.7 Å². The molecule has 0 aromatic carbocycles. The van der Waals surface area contributed by atoms with Crippen molar-refractivity contribution in [3.63, 3.8) is 0 Å². The Morgan fingerprint density at radius 2 is 1.81 bits per heavy atom. The van der Waals surface area contributed by atoms with Crippen LogP contribution in [-0.4, -0.2) is 23.4 Å². The Kier molecular flexibility index (Phi) is 4.59. The van der Waals surface area contributed by atoms with Crippen LogP contribution in [0.1, 0.15) is 46.0 Å². The summed E-state index contributed by atoms with van der Waals surface area (Å²) in [5.74, 6) is 1.05. The van der Waals surface area contributed by atoms with Crippen LogP contribution in [0.2, 0.25) is 0 Å². The number of primary amides is 1. The zero-order chi connectivity index (χ0) is 12.2. The minimum absolute atomic E-state index is 0.300. The van der Waals surface area contributed by atoms with Crippen molar-refractivity contribution in [3.8, 4) is 0 Å². The van der Waals surface area contributed by atoms with Crippen molar-refractivity contribution >= 4 is 6.09 Å². The predicted molar refractivity (Wildman–Crippen MR) is 61.9 cm³/mol. The van der Waals surface area contributed by atoms with Gasteiger partial charge in [-0.1, -0.05) is 0 Å². The molecular formula is C12H23NO3. The molecule has 16 heavy (non-hydrogen) atoms. The number of rotatable bonds is 4. The van der Waals surface area contributed by atoms with Crippen molar-refractivity contribution in [3.05, 3.63) is 0 Å². The Morgan fingerprint density at radius 1 is 1.31 bits per heavy atom. The summed E-state index contributed by atoms with van der Waals surface area (Å²) in [4.78, 5) is 10.7. The van der Waals surface area contributed by atoms with Crippen molar-refractivity contribution in [2.24, 2.45) is 17.6 Å². The first-order chi connectivity index (χ1) is 7.43. The van der Waals surface area contributed by atoms with Gasteiger partial charge in [0.25, 0.3) is 0 Å². The molecule has 0 heterocycles. The van der Waals surface area contributed by atoms with Crippen molar-refractivity contribution in [1.82, 2.24) is 0 Å². The van der Waals surface area contributed by atoms with Crippen LogP contribution in [0.25, 0.3) is 0 Å². The zero-order valence-corrected chi connectivity index (χ0v) is 10.2. The van der Waals surface area contributed by atoms with Gasteiger partial charge >= 0.3 is 6.09 Å². The summed E-state index contributed by atoms with van der Waals surface area (Å²) in [5.41, 5.74) is 4.56. The Hall–Kier alpha value is -0.770. The summed E-state index contributed by atoms with van der Waals surface area (Å²) < 4.78 is 5.08. The number of nitrogens with two attached hydrogens (primary N) is 1. The molecule has 0 spiro atoms. The number of ether oxygens (including phenoxy) is 1. The summed E-state index contributed by atoms with van der Waals surface area (Å²) in [7, 11) is 0. The number of aliphatic hydroxyl groups excluding tert-OH is 1. The van der Waals surface area contributed by atoms with Gasteiger partial charge in [-0.3, -0.25) is 0 Å². The Labute approximate surface area is 97.2 Å². The van der Waals surface area contributed by atoms with E-state index in [0.717, 1.165) is 32.1 Å². The second kappa shape index (κ2) is 5.53. The second-order valence-corrected chi connectivity index (χ2v) is 5.45. The van der Waals surface area contributed by atoms with Gasteiger partial charge < -0.3 is 15.6 Å². The lowest BCUT2D eigenvalue weighted by atomic mass is 9.78. The standard InChI is InChI=1S/C12H23NO3/c1-12(2,16-11(13)15)7-9-3-5-10(8-14)6-4-9/h9-10,14H,3-8H2,1-2H3,(H2,13,15). The van der Waals surface area contributed by atoms with Crippen LogP contribution in [0.4, 0.5) is 4.79 Å². The maximum Gasteiger partial charge on any atom is 0.405 e. The highest BCUT2D eigenvalue weighted by Gasteiger charge is 2.29. The first-order valence-electron chi connectivity index (χ1n) is 6.02. The number of hydrogen-bond donors (Lipinski definition) is 2. The smallest absolute Gasteiger partial charge is 0.405 e. The Balaban J connectivity index is 2.35. The third-order valence-electron chi connectivity index (χ3n) is 3.38. The molecule has 1 saturated carbocycles. The summed E-state index contributed by atoms with van der Waals surface area (Å²) in [5, 5.41) is 9.04. The predicted octanol–water partition coefficient (Wildman–Crippen LogP) is 2.05. The Bertz CT molecular complexity index is 232. The minimum atomic E-state index is -0.700. The molecule has 94 valence electrons. The van der Waals surface area contributed by atoms with Gasteiger partial charge in [0.2, 0.25) is 0 Å². The van der Waals surface area contributed by atoms with E-state index in [9.17, 15) is 4.79 Å². The number of aliphatic hydroxyl groups is 1. The maximum absolute atomic E-state index is 10.7. The van der Waals surface area contributed by atoms with Gasteiger partial charge in [-0.25, -0.2) is 4.79 Å². The van der Waals surface area contributed by atoms with E-state index in [4.69, 9.17) is 15.6 Å². The molecule has 0 aromatic heterocycles. The average Bonchev–Trinajstić information content (AvgIpc) is 2.16. The summed E-state index contributed by atoms with van der Waals surface area (Å²) in [6, 6.07) is 0. The molecule has 1 aliphatic rings. The maximum atomic E-state index is 10.7. The van der Waals surface area contributed by atoms with E-state index in [1.54, 1.807) is 0 Å². The first-order valence-corrected chi connectivity index (χ1v) is 6.02. The number of amides is 1. The molecule has 1 fully saturated rings. The van der Waals surface area contributed by atoms with Crippen LogP contribution in [0.5, 0.6) is 0 Å². The number of hydrogen-bond acceptors (Lipinski definition) is 3. The normalized spacial score (nSPS) is 26.4. The molecule has 4 nitrogen and oxygen atoms in total. The van der Waals surface area contributed by atoms with E-state index in [-0.39, 0.29) is 0 Å². The molecule has 0 unspecified atom stereocenters. The van der Waals surface area contributed by atoms with E-state index in [2.05, 4.69) is 0 Å². The molecular weight excluding hydrogens is 206 g/mol. The van der Waals surface area contributed by atoms with Crippen LogP contribution in [0.15, 0.2) is 0 Å². The molecule has 1 rings (SSSR count). The van der Waals surface area contributed by atoms with Crippen molar-refractivity contribution < 1.29 is 14.6 Å². The average molecular weight is 229 g/mol. The lowest BCUT2D eigenvalue weighted by molar-refractivity contribution is 0.0182. The van der Waals surface area contributed by atoms with Gasteiger partial charge in [0.05, 0.1) is 0 Å². The van der Waals surface area contributed by atoms with Crippen LogP contribution >= 0.6 is 0 Å². The van der Waals surface area contributed by atoms with E-state index >= 15 is 0 Å². The quantitative estimate of drug-likeness (QED) is 0.775. The van der Waals surface area contributed by atoms with Crippen molar-refractivity contribution in [2.45, 2.75) is 51.6 Å². The fourth-order valence-corrected chi connectivity index (χ4v) is 2.63. The highest BCUT2D eigenvalue weighted by Crippen LogP contribution is 2.34. The fourth-order valence-electron chi connectivity index (χ4n) is 2.63. The largest absolute Gasteiger partial charge is 0.444 e. The lowest BCUT2D eigenvalue weighted by Crippen LogP contribution is -2.34. The molecule has 0 bridgehead atoms. The molecule has 3 N–H and O–H groups in total. The van der Waals surface area contributed by atoms with Gasteiger partial charge in [-0.2, -0.15) is 0 Å². The van der Waals surface area contributed by atoms with Crippen LogP contribution in [-0.2, 0) is 4.74 Å². The molecule has 0 aliphatic heterocycles. The van der Waals surface area contributed by atoms with Gasteiger partial charge in [-0.05, 0) is 57.8 Å². The van der Waals surface area contributed by atoms with Crippen LogP contribution in [0, 0.1) is 11.8 Å². The fraction of sp³-hybridized carbons (Fsp3) is 0.917. The van der Waals surface area contributed by atoms with Crippen LogP contribution in [0.3, 0.4) is 0 Å². The molecule has 0 saturated heterocycles. The minimum Gasteiger partial charge on any atom is -0.444 e. The third kappa shape index (κ3) is 4.39. The van der Waals surface area contributed by atoms with Crippen LogP contribution < -0.4 is 5.73 Å². The number of carbonyl (C=O) groups is 1. The molecule has 0 aromatic rings. The highest BCUT2D eigenvalue weighted by atomic mass is 16.6. The molecule has 4 heteroatoms. The third-order valence-corrected chi connectivity index (χ3v) is 3.38. The van der Waals surface area contributed by atoms with Crippen molar-refractivity contribution in [1.29, 1.82) is 0 Å². The summed E-state index contributed by atoms with van der Waals surface area (Å²) in [6.45, 7) is 4.10. The molecule has 0 radical (unpaired) electrons. The SMILES string of the molecule is CC(C)(CC1CCC(CO)CC1)OC(N)=O.